The Hall–Kier alpha value is -0.300. The molecule has 0 saturated carbocycles. The van der Waals surface area contributed by atoms with E-state index in [4.69, 9.17) is 11.6 Å². The average molecular weight is 133 g/mol. The molecule has 2 heteroatoms. The van der Waals surface area contributed by atoms with Crippen LogP contribution in [-0.2, 0) is 0 Å². The highest BCUT2D eigenvalue weighted by atomic mass is 35.5. The third-order valence-electron chi connectivity index (χ3n) is 1.02. The molecule has 44 valence electrons. The van der Waals surface area contributed by atoms with E-state index in [1.807, 2.05) is 6.08 Å². The maximum atomic E-state index is 12.3. The first kappa shape index (κ1) is 5.83. The smallest absolute Gasteiger partial charge is 0.118 e. The van der Waals surface area contributed by atoms with Gasteiger partial charge in [0.05, 0.1) is 0 Å². The quantitative estimate of drug-likeness (QED) is 0.351. The molecule has 0 N–H and O–H groups in total. The van der Waals surface area contributed by atoms with Crippen molar-refractivity contribution in [2.45, 2.75) is 11.8 Å². The third kappa shape index (κ3) is 1.10. The van der Waals surface area contributed by atoms with E-state index in [1.54, 1.807) is 6.08 Å². The largest absolute Gasteiger partial charge is 0.210 e. The molecule has 0 aliphatic heterocycles. The SMILES string of the molecule is FC1=CCC=CC1Cl. The zero-order valence-electron chi connectivity index (χ0n) is 4.27. The average Bonchev–Trinajstić information content (AvgIpc) is 1.77. The summed E-state index contributed by atoms with van der Waals surface area (Å²) in [6, 6.07) is 0. The fourth-order valence-corrected chi connectivity index (χ4v) is 0.775. The molecule has 0 fully saturated rings. The summed E-state index contributed by atoms with van der Waals surface area (Å²) in [5.41, 5.74) is 0. The van der Waals surface area contributed by atoms with Gasteiger partial charge < -0.3 is 0 Å². The molecule has 0 spiro atoms. The van der Waals surface area contributed by atoms with E-state index in [-0.39, 0.29) is 5.83 Å². The fourth-order valence-electron chi connectivity index (χ4n) is 0.583. The molecule has 0 aromatic carbocycles. The van der Waals surface area contributed by atoms with Crippen molar-refractivity contribution in [1.82, 2.24) is 0 Å². The van der Waals surface area contributed by atoms with E-state index < -0.39 is 5.38 Å². The summed E-state index contributed by atoms with van der Waals surface area (Å²) in [5.74, 6) is -0.228. The molecular formula is C6H6ClF. The maximum Gasteiger partial charge on any atom is 0.118 e. The van der Waals surface area contributed by atoms with Crippen molar-refractivity contribution in [3.63, 3.8) is 0 Å². The second kappa shape index (κ2) is 2.31. The Labute approximate surface area is 52.6 Å². The maximum absolute atomic E-state index is 12.3. The molecule has 0 aromatic heterocycles. The molecule has 8 heavy (non-hydrogen) atoms. The first-order valence-electron chi connectivity index (χ1n) is 2.47. The van der Waals surface area contributed by atoms with Gasteiger partial charge in [0.2, 0.25) is 0 Å². The molecule has 0 nitrogen and oxygen atoms in total. The van der Waals surface area contributed by atoms with E-state index in [0.29, 0.717) is 6.42 Å². The number of alkyl halides is 1. The van der Waals surface area contributed by atoms with E-state index in [9.17, 15) is 4.39 Å². The predicted molar refractivity (Wildman–Crippen MR) is 32.6 cm³/mol. The van der Waals surface area contributed by atoms with Crippen LogP contribution < -0.4 is 0 Å². The summed E-state index contributed by atoms with van der Waals surface area (Å²) < 4.78 is 12.3. The van der Waals surface area contributed by atoms with Crippen LogP contribution in [0.3, 0.4) is 0 Å². The molecule has 1 unspecified atom stereocenters. The molecule has 0 heterocycles. The Morgan fingerprint density at radius 3 is 2.88 bits per heavy atom. The fraction of sp³-hybridized carbons (Fsp3) is 0.333. The Morgan fingerprint density at radius 1 is 1.75 bits per heavy atom. The molecule has 1 aliphatic rings. The number of halogens is 2. The highest BCUT2D eigenvalue weighted by Gasteiger charge is 2.07. The van der Waals surface area contributed by atoms with Gasteiger partial charge in [-0.05, 0) is 12.5 Å². The van der Waals surface area contributed by atoms with Crippen molar-refractivity contribution in [2.24, 2.45) is 0 Å². The van der Waals surface area contributed by atoms with Gasteiger partial charge in [0.25, 0.3) is 0 Å². The van der Waals surface area contributed by atoms with E-state index in [0.717, 1.165) is 0 Å². The lowest BCUT2D eigenvalue weighted by molar-refractivity contribution is 0.612. The Balaban J connectivity index is 2.63. The molecule has 0 radical (unpaired) electrons. The monoisotopic (exact) mass is 132 g/mol. The minimum Gasteiger partial charge on any atom is -0.210 e. The van der Waals surface area contributed by atoms with Gasteiger partial charge in [-0.1, -0.05) is 12.2 Å². The molecule has 0 bridgehead atoms. The van der Waals surface area contributed by atoms with Crippen molar-refractivity contribution >= 4 is 11.6 Å². The van der Waals surface area contributed by atoms with Crippen molar-refractivity contribution in [1.29, 1.82) is 0 Å². The number of allylic oxidation sites excluding steroid dienone is 4. The summed E-state index contributed by atoms with van der Waals surface area (Å²) in [5, 5.41) is -0.510. The summed E-state index contributed by atoms with van der Waals surface area (Å²) in [6.07, 6.45) is 5.66. The van der Waals surface area contributed by atoms with Crippen LogP contribution in [0.4, 0.5) is 4.39 Å². The third-order valence-corrected chi connectivity index (χ3v) is 1.37. The zero-order valence-corrected chi connectivity index (χ0v) is 5.03. The van der Waals surface area contributed by atoms with Gasteiger partial charge in [-0.25, -0.2) is 4.39 Å². The minimum atomic E-state index is -0.510. The van der Waals surface area contributed by atoms with E-state index in [2.05, 4.69) is 0 Å². The van der Waals surface area contributed by atoms with Gasteiger partial charge in [-0.15, -0.1) is 11.6 Å². The minimum absolute atomic E-state index is 0.228. The van der Waals surface area contributed by atoms with Crippen molar-refractivity contribution in [2.75, 3.05) is 0 Å². The van der Waals surface area contributed by atoms with Crippen LogP contribution in [0, 0.1) is 0 Å². The summed E-state index contributed by atoms with van der Waals surface area (Å²) in [7, 11) is 0. The molecule has 0 amide bonds. The lowest BCUT2D eigenvalue weighted by Crippen LogP contribution is -1.96. The highest BCUT2D eigenvalue weighted by Crippen LogP contribution is 2.17. The number of hydrogen-bond acceptors (Lipinski definition) is 0. The summed E-state index contributed by atoms with van der Waals surface area (Å²) in [4.78, 5) is 0. The lowest BCUT2D eigenvalue weighted by atomic mass is 10.2. The Morgan fingerprint density at radius 2 is 2.50 bits per heavy atom. The second-order valence-electron chi connectivity index (χ2n) is 1.65. The molecule has 1 rings (SSSR count). The van der Waals surface area contributed by atoms with E-state index in [1.165, 1.54) is 6.08 Å². The Kier molecular flexibility index (Phi) is 1.69. The first-order chi connectivity index (χ1) is 3.80. The first-order valence-corrected chi connectivity index (χ1v) is 2.90. The van der Waals surface area contributed by atoms with Gasteiger partial charge >= 0.3 is 0 Å². The van der Waals surface area contributed by atoms with Crippen LogP contribution in [0.5, 0.6) is 0 Å². The molecule has 0 saturated heterocycles. The topological polar surface area (TPSA) is 0 Å². The van der Waals surface area contributed by atoms with Crippen LogP contribution in [-0.4, -0.2) is 5.38 Å². The van der Waals surface area contributed by atoms with Crippen LogP contribution in [0.15, 0.2) is 24.1 Å². The molecule has 0 aromatic rings. The van der Waals surface area contributed by atoms with Gasteiger partial charge in [0.15, 0.2) is 0 Å². The van der Waals surface area contributed by atoms with Crippen molar-refractivity contribution < 1.29 is 4.39 Å². The van der Waals surface area contributed by atoms with Crippen LogP contribution in [0.25, 0.3) is 0 Å². The van der Waals surface area contributed by atoms with Crippen molar-refractivity contribution in [3.05, 3.63) is 24.1 Å². The van der Waals surface area contributed by atoms with Crippen LogP contribution in [0.1, 0.15) is 6.42 Å². The zero-order chi connectivity index (χ0) is 5.98. The lowest BCUT2D eigenvalue weighted by Gasteiger charge is -2.03. The van der Waals surface area contributed by atoms with Gasteiger partial charge in [0.1, 0.15) is 11.2 Å². The van der Waals surface area contributed by atoms with E-state index >= 15 is 0 Å². The standard InChI is InChI=1S/C6H6ClF/c7-5-3-1-2-4-6(5)8/h1,3-5H,2H2. The van der Waals surface area contributed by atoms with Gasteiger partial charge in [-0.2, -0.15) is 0 Å². The molecule has 1 atom stereocenters. The number of rotatable bonds is 0. The van der Waals surface area contributed by atoms with Crippen molar-refractivity contribution in [3.8, 4) is 0 Å². The Bertz CT molecular complexity index is 137. The van der Waals surface area contributed by atoms with Gasteiger partial charge in [0, 0.05) is 0 Å². The predicted octanol–water partition coefficient (Wildman–Crippen LogP) is 2.41. The highest BCUT2D eigenvalue weighted by molar-refractivity contribution is 6.23. The molecule has 1 aliphatic carbocycles. The van der Waals surface area contributed by atoms with Crippen LogP contribution >= 0.6 is 11.6 Å². The van der Waals surface area contributed by atoms with Gasteiger partial charge in [-0.3, -0.25) is 0 Å². The number of hydrogen-bond donors (Lipinski definition) is 0. The molecular weight excluding hydrogens is 127 g/mol. The normalized spacial score (nSPS) is 27.8. The second-order valence-corrected chi connectivity index (χ2v) is 2.12. The van der Waals surface area contributed by atoms with Crippen LogP contribution in [0.2, 0.25) is 0 Å². The summed E-state index contributed by atoms with van der Waals surface area (Å²) >= 11 is 5.44. The summed E-state index contributed by atoms with van der Waals surface area (Å²) in [6.45, 7) is 0.